The Morgan fingerprint density at radius 1 is 1.35 bits per heavy atom. The molecule has 2 N–H and O–H groups in total. The molecule has 0 aliphatic heterocycles. The summed E-state index contributed by atoms with van der Waals surface area (Å²) in [4.78, 5) is 8.05. The van der Waals surface area contributed by atoms with Gasteiger partial charge in [-0.2, -0.15) is 5.10 Å². The first-order valence-corrected chi connectivity index (χ1v) is 5.41. The lowest BCUT2D eigenvalue weighted by Crippen LogP contribution is -2.06. The molecule has 0 aliphatic carbocycles. The molecule has 6 heteroatoms. The van der Waals surface area contributed by atoms with Gasteiger partial charge in [0, 0.05) is 32.7 Å². The van der Waals surface area contributed by atoms with Gasteiger partial charge in [-0.15, -0.1) is 0 Å². The molecule has 0 fully saturated rings. The van der Waals surface area contributed by atoms with Crippen LogP contribution in [0.3, 0.4) is 0 Å². The molecule has 0 unspecified atom stereocenters. The summed E-state index contributed by atoms with van der Waals surface area (Å²) in [5.41, 5.74) is 7.29. The van der Waals surface area contributed by atoms with Crippen LogP contribution in [0.5, 0.6) is 0 Å². The average Bonchev–Trinajstić information content (AvgIpc) is 2.78. The van der Waals surface area contributed by atoms with Crippen molar-refractivity contribution >= 4 is 5.95 Å². The van der Waals surface area contributed by atoms with Crippen molar-refractivity contribution in [2.45, 2.75) is 13.0 Å². The molecule has 0 saturated heterocycles. The SMILES string of the molecule is COCCCn1nccc1-c1ccnc(N)n1. The highest BCUT2D eigenvalue weighted by atomic mass is 16.5. The number of ether oxygens (including phenoxy) is 1. The number of methoxy groups -OCH3 is 1. The van der Waals surface area contributed by atoms with E-state index in [0.717, 1.165) is 24.4 Å². The zero-order valence-corrected chi connectivity index (χ0v) is 9.71. The number of aryl methyl sites for hydroxylation is 1. The van der Waals surface area contributed by atoms with Gasteiger partial charge in [-0.05, 0) is 18.6 Å². The fraction of sp³-hybridized carbons (Fsp3) is 0.364. The Labute approximate surface area is 99.4 Å². The Hall–Kier alpha value is -1.95. The Morgan fingerprint density at radius 2 is 2.24 bits per heavy atom. The second-order valence-electron chi connectivity index (χ2n) is 3.59. The van der Waals surface area contributed by atoms with Crippen LogP contribution in [0, 0.1) is 0 Å². The van der Waals surface area contributed by atoms with Gasteiger partial charge in [-0.1, -0.05) is 0 Å². The minimum atomic E-state index is 0.271. The van der Waals surface area contributed by atoms with Crippen molar-refractivity contribution < 1.29 is 4.74 Å². The summed E-state index contributed by atoms with van der Waals surface area (Å²) in [6.45, 7) is 1.51. The maximum Gasteiger partial charge on any atom is 0.220 e. The highest BCUT2D eigenvalue weighted by Crippen LogP contribution is 2.16. The lowest BCUT2D eigenvalue weighted by molar-refractivity contribution is 0.189. The second-order valence-corrected chi connectivity index (χ2v) is 3.59. The molecule has 6 nitrogen and oxygen atoms in total. The van der Waals surface area contributed by atoms with Crippen molar-refractivity contribution in [3.63, 3.8) is 0 Å². The number of hydrogen-bond acceptors (Lipinski definition) is 5. The van der Waals surface area contributed by atoms with Gasteiger partial charge in [0.25, 0.3) is 0 Å². The molecule has 0 radical (unpaired) electrons. The summed E-state index contributed by atoms with van der Waals surface area (Å²) in [6.07, 6.45) is 4.30. The van der Waals surface area contributed by atoms with Crippen LogP contribution in [0.1, 0.15) is 6.42 Å². The van der Waals surface area contributed by atoms with Crippen LogP contribution in [0.25, 0.3) is 11.4 Å². The monoisotopic (exact) mass is 233 g/mol. The molecule has 0 aromatic carbocycles. The van der Waals surface area contributed by atoms with Crippen molar-refractivity contribution in [2.75, 3.05) is 19.5 Å². The van der Waals surface area contributed by atoms with Crippen LogP contribution in [0.2, 0.25) is 0 Å². The Balaban J connectivity index is 2.18. The molecule has 2 rings (SSSR count). The van der Waals surface area contributed by atoms with E-state index >= 15 is 0 Å². The van der Waals surface area contributed by atoms with Gasteiger partial charge >= 0.3 is 0 Å². The van der Waals surface area contributed by atoms with E-state index in [0.29, 0.717) is 6.61 Å². The lowest BCUT2D eigenvalue weighted by atomic mass is 10.3. The normalized spacial score (nSPS) is 10.6. The Morgan fingerprint density at radius 3 is 3.00 bits per heavy atom. The summed E-state index contributed by atoms with van der Waals surface area (Å²) in [5, 5.41) is 4.25. The summed E-state index contributed by atoms with van der Waals surface area (Å²) in [5.74, 6) is 0.271. The van der Waals surface area contributed by atoms with Gasteiger partial charge in [0.2, 0.25) is 5.95 Å². The minimum absolute atomic E-state index is 0.271. The maximum atomic E-state index is 5.56. The number of hydrogen-bond donors (Lipinski definition) is 1. The molecule has 17 heavy (non-hydrogen) atoms. The first-order valence-electron chi connectivity index (χ1n) is 5.41. The minimum Gasteiger partial charge on any atom is -0.385 e. The standard InChI is InChI=1S/C11H15N5O/c1-17-8-2-7-16-10(4-6-14-16)9-3-5-13-11(12)15-9/h3-6H,2,7-8H2,1H3,(H2,12,13,15). The zero-order valence-electron chi connectivity index (χ0n) is 9.71. The van der Waals surface area contributed by atoms with Gasteiger partial charge in [0.05, 0.1) is 11.4 Å². The number of rotatable bonds is 5. The van der Waals surface area contributed by atoms with E-state index in [1.807, 2.05) is 16.8 Å². The van der Waals surface area contributed by atoms with Crippen molar-refractivity contribution in [3.8, 4) is 11.4 Å². The largest absolute Gasteiger partial charge is 0.385 e. The van der Waals surface area contributed by atoms with Crippen molar-refractivity contribution in [3.05, 3.63) is 24.5 Å². The highest BCUT2D eigenvalue weighted by molar-refractivity contribution is 5.54. The number of aromatic nitrogens is 4. The summed E-state index contributed by atoms with van der Waals surface area (Å²) in [6, 6.07) is 3.73. The van der Waals surface area contributed by atoms with E-state index in [9.17, 15) is 0 Å². The van der Waals surface area contributed by atoms with Crippen LogP contribution < -0.4 is 5.73 Å². The Bertz CT molecular complexity index is 482. The fourth-order valence-electron chi connectivity index (χ4n) is 1.60. The first kappa shape index (κ1) is 11.5. The van der Waals surface area contributed by atoms with E-state index in [-0.39, 0.29) is 5.95 Å². The smallest absolute Gasteiger partial charge is 0.220 e. The Kier molecular flexibility index (Phi) is 3.66. The average molecular weight is 233 g/mol. The predicted octanol–water partition coefficient (Wildman–Crippen LogP) is 0.959. The molecule has 2 aromatic rings. The molecule has 2 aromatic heterocycles. The predicted molar refractivity (Wildman–Crippen MR) is 64.2 cm³/mol. The van der Waals surface area contributed by atoms with E-state index in [2.05, 4.69) is 15.1 Å². The third-order valence-electron chi connectivity index (χ3n) is 2.37. The van der Waals surface area contributed by atoms with Gasteiger partial charge in [0.1, 0.15) is 0 Å². The molecular weight excluding hydrogens is 218 g/mol. The molecule has 0 bridgehead atoms. The van der Waals surface area contributed by atoms with Gasteiger partial charge in [-0.25, -0.2) is 9.97 Å². The first-order chi connectivity index (χ1) is 8.31. The number of nitrogens with two attached hydrogens (primary N) is 1. The third-order valence-corrected chi connectivity index (χ3v) is 2.37. The highest BCUT2D eigenvalue weighted by Gasteiger charge is 2.06. The molecular formula is C11H15N5O. The van der Waals surface area contributed by atoms with Crippen LogP contribution in [0.15, 0.2) is 24.5 Å². The van der Waals surface area contributed by atoms with Crippen molar-refractivity contribution in [1.29, 1.82) is 0 Å². The molecule has 0 spiro atoms. The van der Waals surface area contributed by atoms with E-state index in [1.165, 1.54) is 0 Å². The van der Waals surface area contributed by atoms with Gasteiger partial charge in [-0.3, -0.25) is 4.68 Å². The van der Waals surface area contributed by atoms with E-state index in [1.54, 1.807) is 19.5 Å². The van der Waals surface area contributed by atoms with Gasteiger partial charge < -0.3 is 10.5 Å². The summed E-state index contributed by atoms with van der Waals surface area (Å²) >= 11 is 0. The molecule has 0 atom stereocenters. The fourth-order valence-corrected chi connectivity index (χ4v) is 1.60. The summed E-state index contributed by atoms with van der Waals surface area (Å²) in [7, 11) is 1.69. The van der Waals surface area contributed by atoms with E-state index < -0.39 is 0 Å². The van der Waals surface area contributed by atoms with Crippen LogP contribution in [0.4, 0.5) is 5.95 Å². The second kappa shape index (κ2) is 5.40. The third kappa shape index (κ3) is 2.79. The van der Waals surface area contributed by atoms with Crippen LogP contribution in [-0.2, 0) is 11.3 Å². The van der Waals surface area contributed by atoms with Crippen molar-refractivity contribution in [1.82, 2.24) is 19.7 Å². The number of anilines is 1. The number of nitrogens with zero attached hydrogens (tertiary/aromatic N) is 4. The van der Waals surface area contributed by atoms with E-state index in [4.69, 9.17) is 10.5 Å². The zero-order chi connectivity index (χ0) is 12.1. The van der Waals surface area contributed by atoms with Crippen LogP contribution in [-0.4, -0.2) is 33.5 Å². The van der Waals surface area contributed by atoms with Gasteiger partial charge in [0.15, 0.2) is 0 Å². The molecule has 0 aliphatic rings. The molecule has 90 valence electrons. The molecule has 2 heterocycles. The topological polar surface area (TPSA) is 78.8 Å². The summed E-state index contributed by atoms with van der Waals surface area (Å²) < 4.78 is 6.91. The lowest BCUT2D eigenvalue weighted by Gasteiger charge is -2.06. The van der Waals surface area contributed by atoms with Crippen molar-refractivity contribution in [2.24, 2.45) is 0 Å². The quantitative estimate of drug-likeness (QED) is 0.778. The number of nitrogen functional groups attached to an aromatic ring is 1. The molecule has 0 amide bonds. The maximum absolute atomic E-state index is 5.56. The van der Waals surface area contributed by atoms with Crippen LogP contribution >= 0.6 is 0 Å². The molecule has 0 saturated carbocycles.